The molecule has 0 aliphatic heterocycles. The van der Waals surface area contributed by atoms with Crippen LogP contribution in [-0.4, -0.2) is 23.4 Å². The van der Waals surface area contributed by atoms with Crippen LogP contribution < -0.4 is 0 Å². The number of ether oxygens (including phenoxy) is 1. The van der Waals surface area contributed by atoms with Gasteiger partial charge in [0.15, 0.2) is 6.61 Å². The second-order valence-corrected chi connectivity index (χ2v) is 4.45. The highest BCUT2D eigenvalue weighted by atomic mass is 32.2. The van der Waals surface area contributed by atoms with E-state index < -0.39 is 0 Å². The molecule has 16 heavy (non-hydrogen) atoms. The summed E-state index contributed by atoms with van der Waals surface area (Å²) in [6.45, 7) is 1.75. The Balaban J connectivity index is 2.29. The van der Waals surface area contributed by atoms with E-state index in [0.29, 0.717) is 5.75 Å². The minimum absolute atomic E-state index is 0.107. The largest absolute Gasteiger partial charge is 0.456 e. The molecule has 0 amide bonds. The SMILES string of the molecule is CCSC(=O)COC(=O)Cc1ccccc1. The molecule has 0 saturated carbocycles. The molecular formula is C12H14O3S. The Morgan fingerprint density at radius 2 is 1.94 bits per heavy atom. The summed E-state index contributed by atoms with van der Waals surface area (Å²) >= 11 is 1.16. The lowest BCUT2D eigenvalue weighted by atomic mass is 10.2. The molecule has 3 nitrogen and oxygen atoms in total. The van der Waals surface area contributed by atoms with Gasteiger partial charge in [-0.15, -0.1) is 0 Å². The summed E-state index contributed by atoms with van der Waals surface area (Å²) in [5, 5.41) is -0.107. The molecule has 0 aliphatic carbocycles. The first-order valence-electron chi connectivity index (χ1n) is 5.07. The van der Waals surface area contributed by atoms with Crippen molar-refractivity contribution in [3.05, 3.63) is 35.9 Å². The number of carbonyl (C=O) groups excluding carboxylic acids is 2. The molecule has 0 heterocycles. The van der Waals surface area contributed by atoms with Gasteiger partial charge in [-0.05, 0) is 11.3 Å². The van der Waals surface area contributed by atoms with E-state index in [9.17, 15) is 9.59 Å². The number of rotatable bonds is 5. The third-order valence-corrected chi connectivity index (χ3v) is 2.58. The van der Waals surface area contributed by atoms with Gasteiger partial charge in [0.1, 0.15) is 0 Å². The number of thioether (sulfide) groups is 1. The molecule has 0 N–H and O–H groups in total. The third kappa shape index (κ3) is 4.98. The van der Waals surface area contributed by atoms with Crippen molar-refractivity contribution >= 4 is 22.8 Å². The normalized spacial score (nSPS) is 9.81. The summed E-state index contributed by atoms with van der Waals surface area (Å²) in [5.41, 5.74) is 0.892. The number of benzene rings is 1. The summed E-state index contributed by atoms with van der Waals surface area (Å²) in [4.78, 5) is 22.4. The monoisotopic (exact) mass is 238 g/mol. The molecule has 0 atom stereocenters. The molecule has 1 aromatic carbocycles. The van der Waals surface area contributed by atoms with Crippen LogP contribution in [0.5, 0.6) is 0 Å². The fourth-order valence-electron chi connectivity index (χ4n) is 1.16. The van der Waals surface area contributed by atoms with Gasteiger partial charge in [-0.25, -0.2) is 0 Å². The van der Waals surface area contributed by atoms with E-state index in [-0.39, 0.29) is 24.1 Å². The van der Waals surface area contributed by atoms with Gasteiger partial charge in [0, 0.05) is 0 Å². The van der Waals surface area contributed by atoms with Gasteiger partial charge in [-0.3, -0.25) is 9.59 Å². The number of carbonyl (C=O) groups is 2. The van der Waals surface area contributed by atoms with Gasteiger partial charge in [0.2, 0.25) is 5.12 Å². The number of esters is 1. The smallest absolute Gasteiger partial charge is 0.310 e. The minimum Gasteiger partial charge on any atom is -0.456 e. The molecule has 0 aliphatic rings. The van der Waals surface area contributed by atoms with Crippen LogP contribution in [0.3, 0.4) is 0 Å². The van der Waals surface area contributed by atoms with E-state index in [1.165, 1.54) is 0 Å². The summed E-state index contributed by atoms with van der Waals surface area (Å²) in [6, 6.07) is 9.31. The summed E-state index contributed by atoms with van der Waals surface area (Å²) < 4.78 is 4.85. The van der Waals surface area contributed by atoms with E-state index >= 15 is 0 Å². The van der Waals surface area contributed by atoms with Crippen LogP contribution in [0, 0.1) is 0 Å². The maximum Gasteiger partial charge on any atom is 0.310 e. The van der Waals surface area contributed by atoms with Crippen molar-refractivity contribution in [1.29, 1.82) is 0 Å². The Hall–Kier alpha value is -1.29. The number of hydrogen-bond donors (Lipinski definition) is 0. The van der Waals surface area contributed by atoms with Crippen molar-refractivity contribution < 1.29 is 14.3 Å². The van der Waals surface area contributed by atoms with Crippen molar-refractivity contribution in [2.75, 3.05) is 12.4 Å². The molecule has 1 rings (SSSR count). The first-order chi connectivity index (χ1) is 7.72. The Labute approximate surface area is 99.2 Å². The maximum absolute atomic E-state index is 11.3. The van der Waals surface area contributed by atoms with E-state index in [0.717, 1.165) is 17.3 Å². The van der Waals surface area contributed by atoms with Crippen LogP contribution in [0.4, 0.5) is 0 Å². The second kappa shape index (κ2) is 7.06. The van der Waals surface area contributed by atoms with E-state index in [1.54, 1.807) is 0 Å². The Kier molecular flexibility index (Phi) is 5.64. The summed E-state index contributed by atoms with van der Waals surface area (Å²) in [5.74, 6) is 0.339. The molecule has 0 radical (unpaired) electrons. The van der Waals surface area contributed by atoms with Crippen molar-refractivity contribution in [3.8, 4) is 0 Å². The molecule has 0 aromatic heterocycles. The number of hydrogen-bond acceptors (Lipinski definition) is 4. The Bertz CT molecular complexity index is 349. The molecule has 0 spiro atoms. The van der Waals surface area contributed by atoms with Crippen molar-refractivity contribution in [3.63, 3.8) is 0 Å². The van der Waals surface area contributed by atoms with Crippen molar-refractivity contribution in [1.82, 2.24) is 0 Å². The van der Waals surface area contributed by atoms with Crippen molar-refractivity contribution in [2.24, 2.45) is 0 Å². The Morgan fingerprint density at radius 1 is 1.25 bits per heavy atom. The van der Waals surface area contributed by atoms with Gasteiger partial charge < -0.3 is 4.74 Å². The lowest BCUT2D eigenvalue weighted by molar-refractivity contribution is -0.145. The summed E-state index contributed by atoms with van der Waals surface area (Å²) in [6.07, 6.45) is 0.213. The van der Waals surface area contributed by atoms with Crippen LogP contribution in [0.25, 0.3) is 0 Å². The lowest BCUT2D eigenvalue weighted by Gasteiger charge is -2.03. The highest BCUT2D eigenvalue weighted by Gasteiger charge is 2.07. The topological polar surface area (TPSA) is 43.4 Å². The predicted molar refractivity (Wildman–Crippen MR) is 64.2 cm³/mol. The van der Waals surface area contributed by atoms with Crippen molar-refractivity contribution in [2.45, 2.75) is 13.3 Å². The molecular weight excluding hydrogens is 224 g/mol. The van der Waals surface area contributed by atoms with Gasteiger partial charge >= 0.3 is 5.97 Å². The predicted octanol–water partition coefficient (Wildman–Crippen LogP) is 2.05. The summed E-state index contributed by atoms with van der Waals surface area (Å²) in [7, 11) is 0. The van der Waals surface area contributed by atoms with Gasteiger partial charge in [0.05, 0.1) is 6.42 Å². The van der Waals surface area contributed by atoms with E-state index in [2.05, 4.69) is 0 Å². The molecule has 4 heteroatoms. The fraction of sp³-hybridized carbons (Fsp3) is 0.333. The fourth-order valence-corrected chi connectivity index (χ4v) is 1.62. The average Bonchev–Trinajstić information content (AvgIpc) is 2.28. The van der Waals surface area contributed by atoms with Crippen LogP contribution in [0.1, 0.15) is 12.5 Å². The third-order valence-electron chi connectivity index (χ3n) is 1.85. The molecule has 86 valence electrons. The molecule has 0 fully saturated rings. The molecule has 1 aromatic rings. The standard InChI is InChI=1S/C12H14O3S/c1-2-16-12(14)9-15-11(13)8-10-6-4-3-5-7-10/h3-7H,2,8-9H2,1H3. The van der Waals surface area contributed by atoms with Crippen LogP contribution in [0.2, 0.25) is 0 Å². The van der Waals surface area contributed by atoms with Gasteiger partial charge in [-0.1, -0.05) is 49.0 Å². The highest BCUT2D eigenvalue weighted by Crippen LogP contribution is 2.03. The molecule has 0 unspecified atom stereocenters. The average molecular weight is 238 g/mol. The zero-order valence-corrected chi connectivity index (χ0v) is 9.96. The van der Waals surface area contributed by atoms with Gasteiger partial charge in [-0.2, -0.15) is 0 Å². The zero-order valence-electron chi connectivity index (χ0n) is 9.14. The lowest BCUT2D eigenvalue weighted by Crippen LogP contribution is -2.13. The second-order valence-electron chi connectivity index (χ2n) is 3.13. The highest BCUT2D eigenvalue weighted by molar-refractivity contribution is 8.13. The van der Waals surface area contributed by atoms with Crippen LogP contribution in [0.15, 0.2) is 30.3 Å². The quantitative estimate of drug-likeness (QED) is 0.736. The van der Waals surface area contributed by atoms with E-state index in [1.807, 2.05) is 37.3 Å². The first-order valence-corrected chi connectivity index (χ1v) is 6.06. The molecule has 0 saturated heterocycles. The maximum atomic E-state index is 11.3. The first kappa shape index (κ1) is 12.8. The zero-order chi connectivity index (χ0) is 11.8. The minimum atomic E-state index is -0.365. The van der Waals surface area contributed by atoms with Gasteiger partial charge in [0.25, 0.3) is 0 Å². The Morgan fingerprint density at radius 3 is 2.56 bits per heavy atom. The van der Waals surface area contributed by atoms with Crippen LogP contribution in [-0.2, 0) is 20.7 Å². The van der Waals surface area contributed by atoms with E-state index in [4.69, 9.17) is 4.74 Å². The van der Waals surface area contributed by atoms with Crippen LogP contribution >= 0.6 is 11.8 Å². The molecule has 0 bridgehead atoms.